The first kappa shape index (κ1) is 22.5. The van der Waals surface area contributed by atoms with Crippen molar-refractivity contribution in [3.63, 3.8) is 0 Å². The second-order valence-corrected chi connectivity index (χ2v) is 8.13. The first-order valence-electron chi connectivity index (χ1n) is 10.5. The van der Waals surface area contributed by atoms with E-state index in [4.69, 9.17) is 25.8 Å². The summed E-state index contributed by atoms with van der Waals surface area (Å²) in [6.45, 7) is 2.79. The van der Waals surface area contributed by atoms with Crippen LogP contribution in [-0.2, 0) is 4.74 Å². The maximum atomic E-state index is 14.4. The summed E-state index contributed by atoms with van der Waals surface area (Å²) in [6, 6.07) is 8.44. The fourth-order valence-electron chi connectivity index (χ4n) is 3.61. The number of ether oxygens (including phenoxy) is 3. The summed E-state index contributed by atoms with van der Waals surface area (Å²) in [5, 5.41) is 3.76. The molecule has 1 fully saturated rings. The van der Waals surface area contributed by atoms with Gasteiger partial charge < -0.3 is 24.4 Å². The highest BCUT2D eigenvalue weighted by molar-refractivity contribution is 6.31. The summed E-state index contributed by atoms with van der Waals surface area (Å²) >= 11 is 5.93. The number of aromatic nitrogens is 2. The minimum absolute atomic E-state index is 0.0356. The molecule has 0 radical (unpaired) electrons. The average molecular weight is 461 g/mol. The molecular weight excluding hydrogens is 435 g/mol. The molecular formula is C23H26ClFN4O3. The molecule has 2 heterocycles. The highest BCUT2D eigenvalue weighted by Gasteiger charge is 2.21. The molecule has 0 amide bonds. The van der Waals surface area contributed by atoms with E-state index in [9.17, 15) is 4.39 Å². The van der Waals surface area contributed by atoms with Crippen LogP contribution in [0.5, 0.6) is 11.5 Å². The molecule has 0 atom stereocenters. The fraction of sp³-hybridized carbons (Fsp3) is 0.391. The number of fused-ring (bicyclic) bond motifs is 1. The van der Waals surface area contributed by atoms with Gasteiger partial charge in [-0.3, -0.25) is 0 Å². The molecule has 1 aromatic heterocycles. The number of nitrogens with zero attached hydrogens (tertiary/aromatic N) is 3. The molecule has 9 heteroatoms. The maximum Gasteiger partial charge on any atom is 0.165 e. The minimum atomic E-state index is -0.539. The number of nitrogens with one attached hydrogen (secondary N) is 1. The van der Waals surface area contributed by atoms with Crippen LogP contribution in [0, 0.1) is 5.82 Å². The number of hydrogen-bond donors (Lipinski definition) is 1. The van der Waals surface area contributed by atoms with E-state index in [-0.39, 0.29) is 16.8 Å². The molecule has 170 valence electrons. The largest absolute Gasteiger partial charge is 0.487 e. The zero-order valence-electron chi connectivity index (χ0n) is 18.1. The Hall–Kier alpha value is -2.68. The van der Waals surface area contributed by atoms with Crippen molar-refractivity contribution in [2.45, 2.75) is 18.9 Å². The molecule has 0 saturated carbocycles. The first-order valence-corrected chi connectivity index (χ1v) is 10.9. The summed E-state index contributed by atoms with van der Waals surface area (Å²) in [7, 11) is 3.73. The van der Waals surface area contributed by atoms with Crippen LogP contribution in [-0.4, -0.2) is 61.4 Å². The monoisotopic (exact) mass is 460 g/mol. The molecule has 7 nitrogen and oxygen atoms in total. The topological polar surface area (TPSA) is 68.7 Å². The van der Waals surface area contributed by atoms with Crippen LogP contribution in [0.15, 0.2) is 36.7 Å². The van der Waals surface area contributed by atoms with Gasteiger partial charge in [-0.05, 0) is 38.1 Å². The smallest absolute Gasteiger partial charge is 0.165 e. The van der Waals surface area contributed by atoms with Gasteiger partial charge in [0, 0.05) is 31.7 Å². The van der Waals surface area contributed by atoms with Crippen LogP contribution >= 0.6 is 11.6 Å². The van der Waals surface area contributed by atoms with Gasteiger partial charge in [-0.15, -0.1) is 0 Å². The quantitative estimate of drug-likeness (QED) is 0.490. The molecule has 1 N–H and O–H groups in total. The number of halogens is 2. The van der Waals surface area contributed by atoms with E-state index < -0.39 is 5.82 Å². The predicted octanol–water partition coefficient (Wildman–Crippen LogP) is 4.66. The molecule has 4 rings (SSSR count). The molecule has 1 saturated heterocycles. The van der Waals surface area contributed by atoms with Gasteiger partial charge in [0.15, 0.2) is 17.3 Å². The van der Waals surface area contributed by atoms with Crippen molar-refractivity contribution in [2.24, 2.45) is 0 Å². The first-order chi connectivity index (χ1) is 15.5. The molecule has 32 heavy (non-hydrogen) atoms. The van der Waals surface area contributed by atoms with Crippen LogP contribution in [0.3, 0.4) is 0 Å². The Balaban J connectivity index is 1.69. The number of rotatable bonds is 8. The lowest BCUT2D eigenvalue weighted by Gasteiger charge is -2.30. The van der Waals surface area contributed by atoms with E-state index in [2.05, 4.69) is 27.2 Å². The second-order valence-electron chi connectivity index (χ2n) is 7.73. The van der Waals surface area contributed by atoms with Crippen LogP contribution in [0.1, 0.15) is 12.8 Å². The normalized spacial score (nSPS) is 15.1. The van der Waals surface area contributed by atoms with E-state index in [0.29, 0.717) is 41.4 Å². The van der Waals surface area contributed by atoms with Crippen molar-refractivity contribution in [2.75, 3.05) is 45.8 Å². The molecule has 0 unspecified atom stereocenters. The SMILES string of the molecule is COCCOc1cc2ncnc(Nc3cccc(Cl)c3F)c2cc1OC1CCN(C)CC1. The van der Waals surface area contributed by atoms with Gasteiger partial charge in [0.2, 0.25) is 0 Å². The third-order valence-corrected chi connectivity index (χ3v) is 5.70. The summed E-state index contributed by atoms with van der Waals surface area (Å²) < 4.78 is 31.8. The highest BCUT2D eigenvalue weighted by atomic mass is 35.5. The van der Waals surface area contributed by atoms with Crippen LogP contribution in [0.2, 0.25) is 5.02 Å². The molecule has 0 spiro atoms. The van der Waals surface area contributed by atoms with Gasteiger partial charge in [0.25, 0.3) is 0 Å². The Morgan fingerprint density at radius 3 is 2.75 bits per heavy atom. The number of benzene rings is 2. The zero-order valence-corrected chi connectivity index (χ0v) is 18.9. The number of piperidine rings is 1. The summed E-state index contributed by atoms with van der Waals surface area (Å²) in [5.74, 6) is 1.11. The second kappa shape index (κ2) is 10.3. The van der Waals surface area contributed by atoms with E-state index in [1.807, 2.05) is 12.1 Å². The third-order valence-electron chi connectivity index (χ3n) is 5.41. The molecule has 1 aliphatic rings. The Labute approximate surface area is 191 Å². The van der Waals surface area contributed by atoms with Gasteiger partial charge >= 0.3 is 0 Å². The van der Waals surface area contributed by atoms with Crippen molar-refractivity contribution in [1.29, 1.82) is 0 Å². The van der Waals surface area contributed by atoms with Crippen molar-refractivity contribution >= 4 is 34.0 Å². The van der Waals surface area contributed by atoms with Crippen molar-refractivity contribution in [3.8, 4) is 11.5 Å². The lowest BCUT2D eigenvalue weighted by atomic mass is 10.1. The lowest BCUT2D eigenvalue weighted by molar-refractivity contribution is 0.105. The highest BCUT2D eigenvalue weighted by Crippen LogP contribution is 2.37. The fourth-order valence-corrected chi connectivity index (χ4v) is 3.79. The minimum Gasteiger partial charge on any atom is -0.487 e. The number of methoxy groups -OCH3 is 1. The van der Waals surface area contributed by atoms with Gasteiger partial charge in [-0.2, -0.15) is 0 Å². The summed E-state index contributed by atoms with van der Waals surface area (Å²) in [5.41, 5.74) is 0.879. The summed E-state index contributed by atoms with van der Waals surface area (Å²) in [6.07, 6.45) is 3.36. The number of likely N-dealkylation sites (tertiary alicyclic amines) is 1. The number of hydrogen-bond acceptors (Lipinski definition) is 7. The molecule has 1 aliphatic heterocycles. The maximum absolute atomic E-state index is 14.4. The van der Waals surface area contributed by atoms with Crippen LogP contribution in [0.25, 0.3) is 10.9 Å². The van der Waals surface area contributed by atoms with E-state index in [0.717, 1.165) is 25.9 Å². The van der Waals surface area contributed by atoms with E-state index in [1.165, 1.54) is 12.4 Å². The Kier molecular flexibility index (Phi) is 7.24. The Bertz CT molecular complexity index is 1080. The molecule has 2 aromatic carbocycles. The van der Waals surface area contributed by atoms with Crippen molar-refractivity contribution < 1.29 is 18.6 Å². The number of anilines is 2. The third kappa shape index (κ3) is 5.20. The van der Waals surface area contributed by atoms with Crippen molar-refractivity contribution in [1.82, 2.24) is 14.9 Å². The van der Waals surface area contributed by atoms with Crippen molar-refractivity contribution in [3.05, 3.63) is 47.5 Å². The molecule has 3 aromatic rings. The Morgan fingerprint density at radius 2 is 1.97 bits per heavy atom. The van der Waals surface area contributed by atoms with Gasteiger partial charge in [0.05, 0.1) is 22.8 Å². The summed E-state index contributed by atoms with van der Waals surface area (Å²) in [4.78, 5) is 11.0. The van der Waals surface area contributed by atoms with Gasteiger partial charge in [0.1, 0.15) is 24.9 Å². The van der Waals surface area contributed by atoms with Crippen LogP contribution < -0.4 is 14.8 Å². The van der Waals surface area contributed by atoms with Gasteiger partial charge in [-0.25, -0.2) is 14.4 Å². The van der Waals surface area contributed by atoms with E-state index >= 15 is 0 Å². The van der Waals surface area contributed by atoms with Crippen LogP contribution in [0.4, 0.5) is 15.9 Å². The average Bonchev–Trinajstić information content (AvgIpc) is 2.79. The zero-order chi connectivity index (χ0) is 22.5. The molecule has 0 bridgehead atoms. The molecule has 0 aliphatic carbocycles. The van der Waals surface area contributed by atoms with Gasteiger partial charge in [-0.1, -0.05) is 17.7 Å². The van der Waals surface area contributed by atoms with E-state index in [1.54, 1.807) is 19.2 Å². The Morgan fingerprint density at radius 1 is 1.16 bits per heavy atom. The standard InChI is InChI=1S/C23H26ClFN4O3/c1-29-8-6-15(7-9-29)32-21-12-16-19(13-20(21)31-11-10-30-2)26-14-27-23(16)28-18-5-3-4-17(24)22(18)25/h3-5,12-15H,6-11H2,1-2H3,(H,26,27,28). The lowest BCUT2D eigenvalue weighted by Crippen LogP contribution is -2.35. The predicted molar refractivity (Wildman–Crippen MR) is 123 cm³/mol.